The number of nitrogens with two attached hydrogens (primary N) is 1. The number of unbranched alkanes of at least 4 members (excludes halogenated alkanes) is 2. The van der Waals surface area contributed by atoms with E-state index in [0.717, 1.165) is 18.4 Å². The van der Waals surface area contributed by atoms with Crippen LogP contribution in [0.5, 0.6) is 0 Å². The molecule has 0 heterocycles. The fraction of sp³-hybridized carbons (Fsp3) is 0.500. The van der Waals surface area contributed by atoms with Crippen molar-refractivity contribution in [1.29, 1.82) is 0 Å². The molecule has 1 aromatic carbocycles. The molecule has 0 aliphatic rings. The summed E-state index contributed by atoms with van der Waals surface area (Å²) in [6.07, 6.45) is 4.52. The smallest absolute Gasteiger partial charge is 0.0454 e. The van der Waals surface area contributed by atoms with Crippen molar-refractivity contribution in [2.75, 3.05) is 0 Å². The highest BCUT2D eigenvalue weighted by molar-refractivity contribution is 6.33. The molecule has 92 valence electrons. The average molecular weight is 283 g/mol. The minimum Gasteiger partial charge on any atom is -0.324 e. The molecule has 0 saturated heterocycles. The van der Waals surface area contributed by atoms with Crippen LogP contribution in [0.3, 0.4) is 0 Å². The summed E-state index contributed by atoms with van der Waals surface area (Å²) in [5, 5.41) is 1.41. The predicted octanol–water partition coefficient (Wildman–Crippen LogP) is 5.00. The molecule has 0 aliphatic carbocycles. The number of rotatable bonds is 5. The molecule has 0 bridgehead atoms. The second kappa shape index (κ2) is 8.19. The summed E-state index contributed by atoms with van der Waals surface area (Å²) in [6.45, 7) is 2.18. The third-order valence-corrected chi connectivity index (χ3v) is 3.06. The van der Waals surface area contributed by atoms with Gasteiger partial charge in [-0.15, -0.1) is 12.4 Å². The van der Waals surface area contributed by atoms with Gasteiger partial charge in [-0.3, -0.25) is 0 Å². The van der Waals surface area contributed by atoms with E-state index in [0.29, 0.717) is 10.0 Å². The molecule has 0 unspecified atom stereocenters. The maximum Gasteiger partial charge on any atom is 0.0454 e. The summed E-state index contributed by atoms with van der Waals surface area (Å²) >= 11 is 12.0. The zero-order valence-corrected chi connectivity index (χ0v) is 11.7. The Morgan fingerprint density at radius 3 is 2.56 bits per heavy atom. The summed E-state index contributed by atoms with van der Waals surface area (Å²) in [4.78, 5) is 0. The van der Waals surface area contributed by atoms with Gasteiger partial charge in [-0.05, 0) is 30.2 Å². The molecule has 0 fully saturated rings. The molecule has 0 spiro atoms. The highest BCUT2D eigenvalue weighted by atomic mass is 35.5. The van der Waals surface area contributed by atoms with Crippen LogP contribution in [0.4, 0.5) is 0 Å². The van der Waals surface area contributed by atoms with Gasteiger partial charge in [0.1, 0.15) is 0 Å². The Balaban J connectivity index is 0.00000225. The maximum absolute atomic E-state index is 6.07. The van der Waals surface area contributed by atoms with Gasteiger partial charge >= 0.3 is 0 Å². The maximum atomic E-state index is 6.07. The Labute approximate surface area is 114 Å². The van der Waals surface area contributed by atoms with Crippen LogP contribution in [0.25, 0.3) is 0 Å². The quantitative estimate of drug-likeness (QED) is 0.756. The first-order valence-electron chi connectivity index (χ1n) is 5.35. The lowest BCUT2D eigenvalue weighted by molar-refractivity contribution is 0.581. The standard InChI is InChI=1S/C12H17Cl2N.ClH/c1-2-3-4-5-12(15)10-8-9(13)6-7-11(10)14;/h6-8,12H,2-5,15H2,1H3;1H/t12-;/m1./s1. The number of benzene rings is 1. The molecule has 0 amide bonds. The van der Waals surface area contributed by atoms with Gasteiger partial charge in [-0.25, -0.2) is 0 Å². The van der Waals surface area contributed by atoms with E-state index >= 15 is 0 Å². The zero-order valence-electron chi connectivity index (χ0n) is 9.38. The molecule has 0 radical (unpaired) electrons. The molecule has 0 aliphatic heterocycles. The van der Waals surface area contributed by atoms with E-state index in [2.05, 4.69) is 6.92 Å². The Bertz CT molecular complexity index is 315. The summed E-state index contributed by atoms with van der Waals surface area (Å²) in [7, 11) is 0. The lowest BCUT2D eigenvalue weighted by Crippen LogP contribution is -2.10. The van der Waals surface area contributed by atoms with Crippen LogP contribution in [-0.2, 0) is 0 Å². The lowest BCUT2D eigenvalue weighted by atomic mass is 10.0. The molecule has 0 saturated carbocycles. The first-order valence-corrected chi connectivity index (χ1v) is 6.11. The Morgan fingerprint density at radius 1 is 1.25 bits per heavy atom. The fourth-order valence-electron chi connectivity index (χ4n) is 1.57. The summed E-state index contributed by atoms with van der Waals surface area (Å²) in [5.74, 6) is 0. The molecular weight excluding hydrogens is 264 g/mol. The van der Waals surface area contributed by atoms with Crippen molar-refractivity contribution < 1.29 is 0 Å². The minimum absolute atomic E-state index is 0. The van der Waals surface area contributed by atoms with Crippen molar-refractivity contribution in [3.8, 4) is 0 Å². The fourth-order valence-corrected chi connectivity index (χ4v) is 2.01. The number of hydrogen-bond donors (Lipinski definition) is 1. The predicted molar refractivity (Wildman–Crippen MR) is 74.8 cm³/mol. The van der Waals surface area contributed by atoms with E-state index in [1.54, 1.807) is 12.1 Å². The molecule has 1 atom stereocenters. The number of hydrogen-bond acceptors (Lipinski definition) is 1. The highest BCUT2D eigenvalue weighted by Crippen LogP contribution is 2.27. The molecule has 0 aromatic heterocycles. The first-order chi connectivity index (χ1) is 7.15. The summed E-state index contributed by atoms with van der Waals surface area (Å²) in [6, 6.07) is 5.45. The molecule has 1 nitrogen and oxygen atoms in total. The Kier molecular flexibility index (Phi) is 8.21. The van der Waals surface area contributed by atoms with Gasteiger partial charge in [0.2, 0.25) is 0 Å². The van der Waals surface area contributed by atoms with Gasteiger partial charge in [0, 0.05) is 16.1 Å². The van der Waals surface area contributed by atoms with Crippen LogP contribution >= 0.6 is 35.6 Å². The monoisotopic (exact) mass is 281 g/mol. The van der Waals surface area contributed by atoms with Gasteiger partial charge in [0.05, 0.1) is 0 Å². The van der Waals surface area contributed by atoms with Gasteiger partial charge in [-0.1, -0.05) is 49.4 Å². The zero-order chi connectivity index (χ0) is 11.3. The van der Waals surface area contributed by atoms with Crippen molar-refractivity contribution in [2.45, 2.75) is 38.6 Å². The van der Waals surface area contributed by atoms with E-state index in [9.17, 15) is 0 Å². The third kappa shape index (κ3) is 4.92. The first kappa shape index (κ1) is 16.1. The molecule has 4 heteroatoms. The Morgan fingerprint density at radius 2 is 1.94 bits per heavy atom. The van der Waals surface area contributed by atoms with E-state index in [1.807, 2.05) is 6.07 Å². The topological polar surface area (TPSA) is 26.0 Å². The van der Waals surface area contributed by atoms with E-state index in [-0.39, 0.29) is 18.4 Å². The molecule has 2 N–H and O–H groups in total. The Hall–Kier alpha value is 0.0500. The van der Waals surface area contributed by atoms with Crippen molar-refractivity contribution in [1.82, 2.24) is 0 Å². The van der Waals surface area contributed by atoms with Crippen molar-refractivity contribution in [3.05, 3.63) is 33.8 Å². The second-order valence-corrected chi connectivity index (χ2v) is 4.61. The third-order valence-electron chi connectivity index (χ3n) is 2.48. The number of halogens is 3. The highest BCUT2D eigenvalue weighted by Gasteiger charge is 2.10. The van der Waals surface area contributed by atoms with Crippen LogP contribution in [0.15, 0.2) is 18.2 Å². The van der Waals surface area contributed by atoms with E-state index in [1.165, 1.54) is 12.8 Å². The molecule has 16 heavy (non-hydrogen) atoms. The van der Waals surface area contributed by atoms with Crippen LogP contribution in [-0.4, -0.2) is 0 Å². The van der Waals surface area contributed by atoms with Crippen LogP contribution < -0.4 is 5.73 Å². The molecule has 1 aromatic rings. The normalized spacial score (nSPS) is 12.0. The average Bonchev–Trinajstić information content (AvgIpc) is 2.22. The van der Waals surface area contributed by atoms with E-state index < -0.39 is 0 Å². The summed E-state index contributed by atoms with van der Waals surface area (Å²) in [5.41, 5.74) is 7.02. The van der Waals surface area contributed by atoms with Gasteiger partial charge < -0.3 is 5.73 Å². The SMILES string of the molecule is CCCCC[C@@H](N)c1cc(Cl)ccc1Cl.Cl. The van der Waals surface area contributed by atoms with Gasteiger partial charge in [-0.2, -0.15) is 0 Å². The molecular formula is C12H18Cl3N. The largest absolute Gasteiger partial charge is 0.324 e. The van der Waals surface area contributed by atoms with Gasteiger partial charge in [0.25, 0.3) is 0 Å². The van der Waals surface area contributed by atoms with Crippen LogP contribution in [0.2, 0.25) is 10.0 Å². The summed E-state index contributed by atoms with van der Waals surface area (Å²) < 4.78 is 0. The van der Waals surface area contributed by atoms with Gasteiger partial charge in [0.15, 0.2) is 0 Å². The van der Waals surface area contributed by atoms with Crippen LogP contribution in [0, 0.1) is 0 Å². The van der Waals surface area contributed by atoms with Crippen molar-refractivity contribution in [2.24, 2.45) is 5.73 Å². The van der Waals surface area contributed by atoms with Crippen molar-refractivity contribution >= 4 is 35.6 Å². The second-order valence-electron chi connectivity index (χ2n) is 3.77. The van der Waals surface area contributed by atoms with Crippen LogP contribution in [0.1, 0.15) is 44.2 Å². The minimum atomic E-state index is 0. The lowest BCUT2D eigenvalue weighted by Gasteiger charge is -2.13. The van der Waals surface area contributed by atoms with E-state index in [4.69, 9.17) is 28.9 Å². The van der Waals surface area contributed by atoms with Crippen molar-refractivity contribution in [3.63, 3.8) is 0 Å². The molecule has 1 rings (SSSR count).